The van der Waals surface area contributed by atoms with Crippen LogP contribution < -0.4 is 9.46 Å². The van der Waals surface area contributed by atoms with E-state index in [0.717, 1.165) is 25.2 Å². The number of nitrogens with zero attached hydrogens (tertiary/aromatic N) is 1. The predicted octanol–water partition coefficient (Wildman–Crippen LogP) is 5.19. The number of sulfonamides is 1. The first-order chi connectivity index (χ1) is 16.4. The number of benzene rings is 3. The minimum absolute atomic E-state index is 0.0396. The molecule has 0 aliphatic carbocycles. The van der Waals surface area contributed by atoms with Crippen molar-refractivity contribution in [2.24, 2.45) is 5.92 Å². The molecule has 180 valence electrons. The zero-order chi connectivity index (χ0) is 24.2. The van der Waals surface area contributed by atoms with Crippen LogP contribution in [-0.4, -0.2) is 40.1 Å². The number of ether oxygens (including phenoxy) is 1. The summed E-state index contributed by atoms with van der Waals surface area (Å²) in [5.74, 6) is -2.24. The van der Waals surface area contributed by atoms with E-state index in [-0.39, 0.29) is 4.90 Å². The zero-order valence-electron chi connectivity index (χ0n) is 19.6. The SMILES string of the molecule is CCN1CCC(C(F)(NS(=O)(=O)c2ccccc2)c2ccc(OC)cc2-c2ccccc2)CC1. The van der Waals surface area contributed by atoms with Crippen molar-refractivity contribution in [1.82, 2.24) is 9.62 Å². The van der Waals surface area contributed by atoms with Crippen LogP contribution in [0.1, 0.15) is 25.3 Å². The smallest absolute Gasteiger partial charge is 0.243 e. The van der Waals surface area contributed by atoms with Crippen LogP contribution in [0.15, 0.2) is 83.8 Å². The van der Waals surface area contributed by atoms with Crippen molar-refractivity contribution in [3.8, 4) is 16.9 Å². The van der Waals surface area contributed by atoms with Crippen molar-refractivity contribution in [2.45, 2.75) is 30.5 Å². The van der Waals surface area contributed by atoms with Gasteiger partial charge in [-0.15, -0.1) is 0 Å². The lowest BCUT2D eigenvalue weighted by atomic mass is 9.81. The molecule has 3 aromatic rings. The molecule has 4 rings (SSSR count). The number of nitrogens with one attached hydrogen (secondary N) is 1. The fourth-order valence-electron chi connectivity index (χ4n) is 4.68. The van der Waals surface area contributed by atoms with Crippen molar-refractivity contribution >= 4 is 10.0 Å². The van der Waals surface area contributed by atoms with Crippen LogP contribution >= 0.6 is 0 Å². The van der Waals surface area contributed by atoms with Crippen molar-refractivity contribution in [1.29, 1.82) is 0 Å². The fourth-order valence-corrected chi connectivity index (χ4v) is 5.98. The number of rotatable bonds is 8. The molecule has 3 aromatic carbocycles. The van der Waals surface area contributed by atoms with Crippen LogP contribution in [0.4, 0.5) is 4.39 Å². The van der Waals surface area contributed by atoms with Gasteiger partial charge >= 0.3 is 0 Å². The molecule has 34 heavy (non-hydrogen) atoms. The van der Waals surface area contributed by atoms with Gasteiger partial charge < -0.3 is 9.64 Å². The maximum Gasteiger partial charge on any atom is 0.243 e. The number of hydrogen-bond donors (Lipinski definition) is 1. The van der Waals surface area contributed by atoms with Crippen LogP contribution in [-0.2, 0) is 15.8 Å². The van der Waals surface area contributed by atoms with E-state index >= 15 is 4.39 Å². The molecule has 1 N–H and O–H groups in total. The Balaban J connectivity index is 1.85. The first kappa shape index (κ1) is 24.4. The highest BCUT2D eigenvalue weighted by Crippen LogP contribution is 2.44. The van der Waals surface area contributed by atoms with Gasteiger partial charge in [0, 0.05) is 11.5 Å². The highest BCUT2D eigenvalue weighted by atomic mass is 32.2. The maximum absolute atomic E-state index is 17.5. The highest BCUT2D eigenvalue weighted by Gasteiger charge is 2.46. The second-order valence-corrected chi connectivity index (χ2v) is 10.3. The summed E-state index contributed by atoms with van der Waals surface area (Å²) < 4.78 is 52.1. The van der Waals surface area contributed by atoms with E-state index < -0.39 is 21.7 Å². The molecule has 1 heterocycles. The van der Waals surface area contributed by atoms with E-state index in [0.29, 0.717) is 29.7 Å². The van der Waals surface area contributed by atoms with Crippen molar-refractivity contribution in [3.05, 3.63) is 84.4 Å². The third-order valence-corrected chi connectivity index (χ3v) is 8.10. The van der Waals surface area contributed by atoms with Gasteiger partial charge in [0.25, 0.3) is 0 Å². The van der Waals surface area contributed by atoms with Crippen LogP contribution in [0.3, 0.4) is 0 Å². The van der Waals surface area contributed by atoms with Crippen molar-refractivity contribution < 1.29 is 17.5 Å². The Hall–Kier alpha value is -2.74. The fraction of sp³-hybridized carbons (Fsp3) is 0.333. The van der Waals surface area contributed by atoms with Gasteiger partial charge in [-0.1, -0.05) is 61.5 Å². The van der Waals surface area contributed by atoms with E-state index in [1.165, 1.54) is 12.1 Å². The quantitative estimate of drug-likeness (QED) is 0.449. The number of piperidine rings is 1. The van der Waals surface area contributed by atoms with Gasteiger partial charge in [-0.2, -0.15) is 4.72 Å². The lowest BCUT2D eigenvalue weighted by molar-refractivity contribution is 0.0216. The maximum atomic E-state index is 17.5. The first-order valence-electron chi connectivity index (χ1n) is 11.6. The van der Waals surface area contributed by atoms with Gasteiger partial charge in [-0.05, 0) is 67.9 Å². The van der Waals surface area contributed by atoms with E-state index in [9.17, 15) is 8.42 Å². The molecule has 0 saturated carbocycles. The summed E-state index contributed by atoms with van der Waals surface area (Å²) in [6.07, 6.45) is 1.09. The van der Waals surface area contributed by atoms with Gasteiger partial charge in [0.1, 0.15) is 5.75 Å². The van der Waals surface area contributed by atoms with Gasteiger partial charge in [-0.25, -0.2) is 12.8 Å². The average Bonchev–Trinajstić information content (AvgIpc) is 2.89. The minimum Gasteiger partial charge on any atom is -0.497 e. The Morgan fingerprint density at radius 3 is 2.21 bits per heavy atom. The van der Waals surface area contributed by atoms with Gasteiger partial charge in [0.2, 0.25) is 15.8 Å². The summed E-state index contributed by atoms with van der Waals surface area (Å²) in [7, 11) is -2.56. The molecule has 5 nitrogen and oxygen atoms in total. The van der Waals surface area contributed by atoms with Crippen LogP contribution in [0.5, 0.6) is 5.75 Å². The van der Waals surface area contributed by atoms with E-state index in [4.69, 9.17) is 4.74 Å². The largest absolute Gasteiger partial charge is 0.497 e. The molecule has 1 unspecified atom stereocenters. The number of halogens is 1. The zero-order valence-corrected chi connectivity index (χ0v) is 20.4. The average molecular weight is 483 g/mol. The molecule has 0 amide bonds. The summed E-state index contributed by atoms with van der Waals surface area (Å²) in [5.41, 5.74) is 1.70. The summed E-state index contributed by atoms with van der Waals surface area (Å²) in [6.45, 7) is 4.41. The standard InChI is InChI=1S/C27H31FN2O3S/c1-3-30-18-16-22(17-19-30)27(28,29-34(31,32)24-12-8-5-9-13-24)26-15-14-23(33-2)20-25(26)21-10-6-4-7-11-21/h4-15,20,22,29H,3,16-19H2,1-2H3. The summed E-state index contributed by atoms with van der Waals surface area (Å²) >= 11 is 0. The van der Waals surface area contributed by atoms with Crippen LogP contribution in [0.25, 0.3) is 11.1 Å². The Bertz CT molecular complexity index is 1200. The third-order valence-electron chi connectivity index (χ3n) is 6.64. The molecule has 0 radical (unpaired) electrons. The number of likely N-dealkylation sites (tertiary alicyclic amines) is 1. The monoisotopic (exact) mass is 482 g/mol. The molecule has 0 aromatic heterocycles. The lowest BCUT2D eigenvalue weighted by Crippen LogP contribution is -2.51. The molecule has 1 saturated heterocycles. The molecule has 7 heteroatoms. The summed E-state index contributed by atoms with van der Waals surface area (Å²) in [6, 6.07) is 22.5. The van der Waals surface area contributed by atoms with Crippen molar-refractivity contribution in [3.63, 3.8) is 0 Å². The minimum atomic E-state index is -4.12. The van der Waals surface area contributed by atoms with Gasteiger partial charge in [0.05, 0.1) is 12.0 Å². The Kier molecular flexibility index (Phi) is 7.36. The van der Waals surface area contributed by atoms with E-state index in [1.807, 2.05) is 30.3 Å². The van der Waals surface area contributed by atoms with Crippen molar-refractivity contribution in [2.75, 3.05) is 26.7 Å². The number of alkyl halides is 1. The second kappa shape index (κ2) is 10.3. The van der Waals surface area contributed by atoms with E-state index in [1.54, 1.807) is 43.5 Å². The molecular formula is C27H31FN2O3S. The molecule has 1 atom stereocenters. The predicted molar refractivity (Wildman–Crippen MR) is 133 cm³/mol. The molecule has 1 aliphatic rings. The number of methoxy groups -OCH3 is 1. The summed E-state index contributed by atoms with van der Waals surface area (Å²) in [4.78, 5) is 2.30. The molecular weight excluding hydrogens is 451 g/mol. The molecule has 1 fully saturated rings. The molecule has 1 aliphatic heterocycles. The molecule has 0 spiro atoms. The lowest BCUT2D eigenvalue weighted by Gasteiger charge is -2.40. The Labute approximate surface area is 201 Å². The Morgan fingerprint density at radius 1 is 1.00 bits per heavy atom. The van der Waals surface area contributed by atoms with Gasteiger partial charge in [0.15, 0.2) is 0 Å². The van der Waals surface area contributed by atoms with E-state index in [2.05, 4.69) is 16.5 Å². The third kappa shape index (κ3) is 5.02. The van der Waals surface area contributed by atoms with Crippen LogP contribution in [0, 0.1) is 5.92 Å². The molecule has 0 bridgehead atoms. The number of hydrogen-bond acceptors (Lipinski definition) is 4. The second-order valence-electron chi connectivity index (χ2n) is 8.62. The van der Waals surface area contributed by atoms with Gasteiger partial charge in [-0.3, -0.25) is 0 Å². The normalized spacial score (nSPS) is 17.3. The van der Waals surface area contributed by atoms with Crippen LogP contribution in [0.2, 0.25) is 0 Å². The summed E-state index contributed by atoms with van der Waals surface area (Å²) in [5, 5.41) is 0. The Morgan fingerprint density at radius 2 is 1.62 bits per heavy atom. The first-order valence-corrected chi connectivity index (χ1v) is 13.1. The topological polar surface area (TPSA) is 58.6 Å². The highest BCUT2D eigenvalue weighted by molar-refractivity contribution is 7.89.